The molecule has 0 aliphatic rings. The summed E-state index contributed by atoms with van der Waals surface area (Å²) >= 11 is 0. The van der Waals surface area contributed by atoms with Gasteiger partial charge in [0.1, 0.15) is 0 Å². The van der Waals surface area contributed by atoms with Gasteiger partial charge < -0.3 is 5.73 Å². The monoisotopic (exact) mass is 174 g/mol. The Balaban J connectivity index is 3.94. The Kier molecular flexibility index (Phi) is 4.20. The first kappa shape index (κ1) is 11.4. The molecular formula is C8H18N2O2. The van der Waals surface area contributed by atoms with E-state index in [1.165, 1.54) is 0 Å². The third kappa shape index (κ3) is 3.69. The molecule has 0 heterocycles. The standard InChI is InChI=1S/C8H18N2O2/c1-5-12-10-7(11)6(9)8(2,3)4/h6H,5,9H2,1-4H3,(H,10,11). The minimum atomic E-state index is -0.538. The summed E-state index contributed by atoms with van der Waals surface area (Å²) in [5.74, 6) is -0.274. The lowest BCUT2D eigenvalue weighted by Gasteiger charge is -2.25. The van der Waals surface area contributed by atoms with Crippen molar-refractivity contribution in [3.63, 3.8) is 0 Å². The quantitative estimate of drug-likeness (QED) is 0.610. The van der Waals surface area contributed by atoms with Crippen molar-refractivity contribution in [3.05, 3.63) is 0 Å². The average Bonchev–Trinajstić information content (AvgIpc) is 1.97. The SMILES string of the molecule is CCONC(=O)C(N)C(C)(C)C. The number of nitrogens with one attached hydrogen (secondary N) is 1. The third-order valence-electron chi connectivity index (χ3n) is 1.53. The van der Waals surface area contributed by atoms with Gasteiger partial charge in [0.25, 0.3) is 5.91 Å². The number of hydrogen-bond donors (Lipinski definition) is 2. The lowest BCUT2D eigenvalue weighted by atomic mass is 9.87. The van der Waals surface area contributed by atoms with E-state index in [0.29, 0.717) is 6.61 Å². The van der Waals surface area contributed by atoms with Crippen molar-refractivity contribution >= 4 is 5.91 Å². The number of nitrogens with two attached hydrogens (primary N) is 1. The molecule has 0 aliphatic carbocycles. The van der Waals surface area contributed by atoms with Crippen molar-refractivity contribution in [2.24, 2.45) is 11.1 Å². The summed E-state index contributed by atoms with van der Waals surface area (Å²) in [4.78, 5) is 15.9. The predicted octanol–water partition coefficient (Wildman–Crippen LogP) is 0.427. The Morgan fingerprint density at radius 1 is 1.58 bits per heavy atom. The Bertz CT molecular complexity index is 152. The molecule has 12 heavy (non-hydrogen) atoms. The minimum Gasteiger partial charge on any atom is -0.319 e. The van der Waals surface area contributed by atoms with Crippen LogP contribution in [0.15, 0.2) is 0 Å². The highest BCUT2D eigenvalue weighted by Crippen LogP contribution is 2.16. The van der Waals surface area contributed by atoms with Crippen LogP contribution in [0.5, 0.6) is 0 Å². The maximum Gasteiger partial charge on any atom is 0.260 e. The van der Waals surface area contributed by atoms with Crippen LogP contribution in [0, 0.1) is 5.41 Å². The number of hydroxylamine groups is 1. The van der Waals surface area contributed by atoms with Crippen molar-refractivity contribution < 1.29 is 9.63 Å². The number of hydrogen-bond acceptors (Lipinski definition) is 3. The molecule has 0 aromatic carbocycles. The maximum absolute atomic E-state index is 11.2. The maximum atomic E-state index is 11.2. The molecule has 0 aliphatic heterocycles. The van der Waals surface area contributed by atoms with E-state index in [1.54, 1.807) is 6.92 Å². The highest BCUT2D eigenvalue weighted by molar-refractivity contribution is 5.81. The first-order chi connectivity index (χ1) is 5.39. The van der Waals surface area contributed by atoms with Crippen LogP contribution in [-0.2, 0) is 9.63 Å². The molecule has 4 heteroatoms. The van der Waals surface area contributed by atoms with E-state index in [4.69, 9.17) is 10.6 Å². The zero-order valence-electron chi connectivity index (χ0n) is 8.18. The molecule has 1 atom stereocenters. The van der Waals surface area contributed by atoms with Gasteiger partial charge in [-0.2, -0.15) is 0 Å². The Labute approximate surface area is 73.4 Å². The molecule has 3 N–H and O–H groups in total. The van der Waals surface area contributed by atoms with E-state index in [2.05, 4.69) is 5.48 Å². The molecule has 0 aromatic heterocycles. The zero-order chi connectivity index (χ0) is 9.78. The number of carbonyl (C=O) groups is 1. The van der Waals surface area contributed by atoms with Crippen molar-refractivity contribution in [1.29, 1.82) is 0 Å². The van der Waals surface area contributed by atoms with Gasteiger partial charge >= 0.3 is 0 Å². The molecule has 0 saturated heterocycles. The summed E-state index contributed by atoms with van der Waals surface area (Å²) in [5, 5.41) is 0. The number of amides is 1. The van der Waals surface area contributed by atoms with E-state index >= 15 is 0 Å². The van der Waals surface area contributed by atoms with Crippen LogP contribution in [0.3, 0.4) is 0 Å². The molecule has 72 valence electrons. The molecule has 0 spiro atoms. The molecule has 0 aromatic rings. The van der Waals surface area contributed by atoms with Crippen LogP contribution in [-0.4, -0.2) is 18.6 Å². The molecule has 0 fully saturated rings. The fourth-order valence-electron chi connectivity index (χ4n) is 0.600. The van der Waals surface area contributed by atoms with Crippen LogP contribution >= 0.6 is 0 Å². The van der Waals surface area contributed by atoms with Crippen molar-refractivity contribution in [2.45, 2.75) is 33.7 Å². The molecule has 1 unspecified atom stereocenters. The molecule has 0 rings (SSSR count). The molecule has 4 nitrogen and oxygen atoms in total. The van der Waals surface area contributed by atoms with Crippen LogP contribution in [0.1, 0.15) is 27.7 Å². The first-order valence-corrected chi connectivity index (χ1v) is 4.06. The summed E-state index contributed by atoms with van der Waals surface area (Å²) in [6, 6.07) is -0.538. The normalized spacial score (nSPS) is 14.1. The van der Waals surface area contributed by atoms with Crippen molar-refractivity contribution in [2.75, 3.05) is 6.61 Å². The van der Waals surface area contributed by atoms with E-state index in [-0.39, 0.29) is 11.3 Å². The van der Waals surface area contributed by atoms with Gasteiger partial charge in [-0.15, -0.1) is 0 Å². The van der Waals surface area contributed by atoms with Gasteiger partial charge in [-0.05, 0) is 12.3 Å². The lowest BCUT2D eigenvalue weighted by Crippen LogP contribution is -2.48. The van der Waals surface area contributed by atoms with Gasteiger partial charge in [-0.1, -0.05) is 20.8 Å². The van der Waals surface area contributed by atoms with E-state index < -0.39 is 6.04 Å². The lowest BCUT2D eigenvalue weighted by molar-refractivity contribution is -0.136. The van der Waals surface area contributed by atoms with Crippen LogP contribution in [0.25, 0.3) is 0 Å². The van der Waals surface area contributed by atoms with E-state index in [0.717, 1.165) is 0 Å². The third-order valence-corrected chi connectivity index (χ3v) is 1.53. The predicted molar refractivity (Wildman–Crippen MR) is 47.2 cm³/mol. The van der Waals surface area contributed by atoms with Crippen LogP contribution in [0.4, 0.5) is 0 Å². The second-order valence-electron chi connectivity index (χ2n) is 3.74. The fraction of sp³-hybridized carbons (Fsp3) is 0.875. The molecule has 0 saturated carbocycles. The van der Waals surface area contributed by atoms with E-state index in [9.17, 15) is 4.79 Å². The highest BCUT2D eigenvalue weighted by atomic mass is 16.6. The summed E-state index contributed by atoms with van der Waals surface area (Å²) in [6.45, 7) is 7.96. The van der Waals surface area contributed by atoms with E-state index in [1.807, 2.05) is 20.8 Å². The van der Waals surface area contributed by atoms with Crippen molar-refractivity contribution in [3.8, 4) is 0 Å². The van der Waals surface area contributed by atoms with Crippen LogP contribution < -0.4 is 11.2 Å². The zero-order valence-corrected chi connectivity index (χ0v) is 8.18. The summed E-state index contributed by atoms with van der Waals surface area (Å²) in [7, 11) is 0. The summed E-state index contributed by atoms with van der Waals surface area (Å²) in [6.07, 6.45) is 0. The van der Waals surface area contributed by atoms with Gasteiger partial charge in [0.05, 0.1) is 12.6 Å². The van der Waals surface area contributed by atoms with Gasteiger partial charge in [0.15, 0.2) is 0 Å². The molecular weight excluding hydrogens is 156 g/mol. The van der Waals surface area contributed by atoms with Crippen LogP contribution in [0.2, 0.25) is 0 Å². The smallest absolute Gasteiger partial charge is 0.260 e. The first-order valence-electron chi connectivity index (χ1n) is 4.06. The summed E-state index contributed by atoms with van der Waals surface area (Å²) < 4.78 is 0. The molecule has 1 amide bonds. The van der Waals surface area contributed by atoms with Gasteiger partial charge in [0, 0.05) is 0 Å². The fourth-order valence-corrected chi connectivity index (χ4v) is 0.600. The average molecular weight is 174 g/mol. The molecule has 0 radical (unpaired) electrons. The number of rotatable bonds is 3. The Morgan fingerprint density at radius 3 is 2.42 bits per heavy atom. The van der Waals surface area contributed by atoms with Gasteiger partial charge in [0.2, 0.25) is 0 Å². The van der Waals surface area contributed by atoms with Gasteiger partial charge in [-0.25, -0.2) is 5.48 Å². The highest BCUT2D eigenvalue weighted by Gasteiger charge is 2.27. The summed E-state index contributed by atoms with van der Waals surface area (Å²) in [5.41, 5.74) is 7.68. The minimum absolute atomic E-state index is 0.235. The Morgan fingerprint density at radius 2 is 2.08 bits per heavy atom. The molecule has 0 bridgehead atoms. The Hall–Kier alpha value is -0.610. The number of carbonyl (C=O) groups excluding carboxylic acids is 1. The topological polar surface area (TPSA) is 64.3 Å². The van der Waals surface area contributed by atoms with Crippen molar-refractivity contribution in [1.82, 2.24) is 5.48 Å². The second-order valence-corrected chi connectivity index (χ2v) is 3.74. The largest absolute Gasteiger partial charge is 0.319 e. The van der Waals surface area contributed by atoms with Gasteiger partial charge in [-0.3, -0.25) is 9.63 Å². The second kappa shape index (κ2) is 4.42.